The Kier molecular flexibility index (Phi) is 5.27. The van der Waals surface area contributed by atoms with Gasteiger partial charge in [-0.2, -0.15) is 10.4 Å². The van der Waals surface area contributed by atoms with Crippen LogP contribution in [-0.2, 0) is 5.54 Å². The molecule has 0 spiro atoms. The zero-order valence-corrected chi connectivity index (χ0v) is 18.2. The normalized spacial score (nSPS) is 23.6. The predicted octanol–water partition coefficient (Wildman–Crippen LogP) is 1.94. The van der Waals surface area contributed by atoms with Crippen LogP contribution >= 0.6 is 0 Å². The molecule has 3 aromatic rings. The molecule has 0 bridgehead atoms. The average Bonchev–Trinajstić information content (AvgIpc) is 3.46. The second-order valence-corrected chi connectivity index (χ2v) is 8.62. The molecular formula is C22H27N9O. The SMILES string of the molecule is CCNC(=O)N1CCN(C2CC(CC#N)(n3cc(-c4ncnc5[nH]ccc45)cn3)C2)CC1. The summed E-state index contributed by atoms with van der Waals surface area (Å²) in [5, 5.41) is 18.0. The van der Waals surface area contributed by atoms with E-state index in [4.69, 9.17) is 0 Å². The fourth-order valence-corrected chi connectivity index (χ4v) is 5.00. The minimum Gasteiger partial charge on any atom is -0.346 e. The van der Waals surface area contributed by atoms with Crippen molar-refractivity contribution in [3.05, 3.63) is 31.0 Å². The Bertz CT molecular complexity index is 1150. The number of hydrogen-bond acceptors (Lipinski definition) is 6. The van der Waals surface area contributed by atoms with Crippen molar-refractivity contribution in [3.8, 4) is 17.3 Å². The van der Waals surface area contributed by atoms with Crippen molar-refractivity contribution in [3.63, 3.8) is 0 Å². The summed E-state index contributed by atoms with van der Waals surface area (Å²) in [6, 6.07) is 4.76. The van der Waals surface area contributed by atoms with Crippen LogP contribution in [0, 0.1) is 11.3 Å². The van der Waals surface area contributed by atoms with Crippen molar-refractivity contribution >= 4 is 17.1 Å². The van der Waals surface area contributed by atoms with Crippen molar-refractivity contribution in [1.29, 1.82) is 5.26 Å². The van der Waals surface area contributed by atoms with Crippen molar-refractivity contribution in [2.75, 3.05) is 32.7 Å². The number of fused-ring (bicyclic) bond motifs is 1. The van der Waals surface area contributed by atoms with Gasteiger partial charge in [0, 0.05) is 62.1 Å². The zero-order chi connectivity index (χ0) is 22.1. The summed E-state index contributed by atoms with van der Waals surface area (Å²) < 4.78 is 1.97. The number of piperazine rings is 1. The number of hydrogen-bond donors (Lipinski definition) is 2. The monoisotopic (exact) mass is 433 g/mol. The molecule has 32 heavy (non-hydrogen) atoms. The standard InChI is InChI=1S/C22H27N9O/c1-2-24-21(32)30-9-7-29(8-10-30)17-11-22(12-17,4-5-23)31-14-16(13-28-31)19-18-3-6-25-20(18)27-15-26-19/h3,6,13-15,17H,2,4,7-12H2,1H3,(H,24,32)(H,25,26,27). The largest absolute Gasteiger partial charge is 0.346 e. The average molecular weight is 434 g/mol. The van der Waals surface area contributed by atoms with Gasteiger partial charge in [0.15, 0.2) is 0 Å². The van der Waals surface area contributed by atoms with Gasteiger partial charge in [-0.15, -0.1) is 0 Å². The lowest BCUT2D eigenvalue weighted by atomic mass is 9.70. The summed E-state index contributed by atoms with van der Waals surface area (Å²) in [5.74, 6) is 0. The maximum Gasteiger partial charge on any atom is 0.317 e. The number of urea groups is 1. The van der Waals surface area contributed by atoms with Gasteiger partial charge in [0.2, 0.25) is 0 Å². The molecule has 3 aromatic heterocycles. The Hall–Kier alpha value is -3.45. The topological polar surface area (TPSA) is 119 Å². The number of aromatic amines is 1. The van der Waals surface area contributed by atoms with Gasteiger partial charge < -0.3 is 15.2 Å². The molecule has 0 radical (unpaired) electrons. The van der Waals surface area contributed by atoms with Crippen LogP contribution in [0.5, 0.6) is 0 Å². The van der Waals surface area contributed by atoms with E-state index in [-0.39, 0.29) is 11.6 Å². The first kappa shape index (κ1) is 20.5. The molecule has 0 atom stereocenters. The molecule has 2 N–H and O–H groups in total. The number of aromatic nitrogens is 5. The molecule has 1 aliphatic carbocycles. The van der Waals surface area contributed by atoms with Crippen LogP contribution in [0.2, 0.25) is 0 Å². The summed E-state index contributed by atoms with van der Waals surface area (Å²) in [5.41, 5.74) is 2.27. The van der Waals surface area contributed by atoms with Gasteiger partial charge in [-0.25, -0.2) is 14.8 Å². The first-order valence-electron chi connectivity index (χ1n) is 11.1. The van der Waals surface area contributed by atoms with Gasteiger partial charge in [-0.05, 0) is 25.8 Å². The predicted molar refractivity (Wildman–Crippen MR) is 119 cm³/mol. The minimum absolute atomic E-state index is 0.0184. The third-order valence-corrected chi connectivity index (χ3v) is 6.78. The Balaban J connectivity index is 1.28. The lowest BCUT2D eigenvalue weighted by Crippen LogP contribution is -2.61. The second kappa shape index (κ2) is 8.24. The van der Waals surface area contributed by atoms with Gasteiger partial charge >= 0.3 is 6.03 Å². The molecule has 166 valence electrons. The molecule has 2 fully saturated rings. The summed E-state index contributed by atoms with van der Waals surface area (Å²) >= 11 is 0. The second-order valence-electron chi connectivity index (χ2n) is 8.62. The first-order valence-corrected chi connectivity index (χ1v) is 11.1. The molecule has 0 unspecified atom stereocenters. The van der Waals surface area contributed by atoms with E-state index < -0.39 is 0 Å². The third-order valence-electron chi connectivity index (χ3n) is 6.78. The molecule has 1 saturated heterocycles. The maximum atomic E-state index is 12.1. The van der Waals surface area contributed by atoms with E-state index in [1.165, 1.54) is 0 Å². The number of carbonyl (C=O) groups excluding carboxylic acids is 1. The van der Waals surface area contributed by atoms with Gasteiger partial charge in [-0.1, -0.05) is 0 Å². The lowest BCUT2D eigenvalue weighted by Gasteiger charge is -2.52. The molecule has 4 heterocycles. The Morgan fingerprint density at radius 3 is 2.88 bits per heavy atom. The number of nitrogens with one attached hydrogen (secondary N) is 2. The zero-order valence-electron chi connectivity index (χ0n) is 18.2. The van der Waals surface area contributed by atoms with Gasteiger partial charge in [-0.3, -0.25) is 9.58 Å². The van der Waals surface area contributed by atoms with Crippen LogP contribution in [0.15, 0.2) is 31.0 Å². The van der Waals surface area contributed by atoms with E-state index in [1.54, 1.807) is 6.33 Å². The van der Waals surface area contributed by atoms with Crippen LogP contribution in [0.4, 0.5) is 4.79 Å². The van der Waals surface area contributed by atoms with Crippen molar-refractivity contribution in [2.24, 2.45) is 0 Å². The third kappa shape index (κ3) is 3.48. The molecule has 10 heteroatoms. The summed E-state index contributed by atoms with van der Waals surface area (Å²) in [6.45, 7) is 5.78. The quantitative estimate of drug-likeness (QED) is 0.635. The van der Waals surface area contributed by atoms with Gasteiger partial charge in [0.05, 0.1) is 29.9 Å². The van der Waals surface area contributed by atoms with Crippen LogP contribution < -0.4 is 5.32 Å². The maximum absolute atomic E-state index is 12.1. The highest BCUT2D eigenvalue weighted by atomic mass is 16.2. The Morgan fingerprint density at radius 2 is 2.12 bits per heavy atom. The summed E-state index contributed by atoms with van der Waals surface area (Å²) in [7, 11) is 0. The van der Waals surface area contributed by atoms with Crippen LogP contribution in [0.3, 0.4) is 0 Å². The van der Waals surface area contributed by atoms with E-state index in [0.717, 1.165) is 61.3 Å². The molecular weight excluding hydrogens is 406 g/mol. The lowest BCUT2D eigenvalue weighted by molar-refractivity contribution is -0.0129. The van der Waals surface area contributed by atoms with Crippen LogP contribution in [-0.4, -0.2) is 79.3 Å². The van der Waals surface area contributed by atoms with Crippen LogP contribution in [0.25, 0.3) is 22.3 Å². The Morgan fingerprint density at radius 1 is 1.31 bits per heavy atom. The highest BCUT2D eigenvalue weighted by Gasteiger charge is 2.49. The van der Waals surface area contributed by atoms with Crippen molar-refractivity contribution in [1.82, 2.24) is 39.8 Å². The smallest absolute Gasteiger partial charge is 0.317 e. The summed E-state index contributed by atoms with van der Waals surface area (Å²) in [6.07, 6.45) is 9.43. The van der Waals surface area contributed by atoms with E-state index in [2.05, 4.69) is 36.3 Å². The van der Waals surface area contributed by atoms with E-state index >= 15 is 0 Å². The number of carbonyl (C=O) groups is 1. The fourth-order valence-electron chi connectivity index (χ4n) is 5.00. The minimum atomic E-state index is -0.293. The number of H-pyrrole nitrogens is 1. The fraction of sp³-hybridized carbons (Fsp3) is 0.500. The molecule has 0 aromatic carbocycles. The number of amides is 2. The highest BCUT2D eigenvalue weighted by Crippen LogP contribution is 2.45. The molecule has 2 amide bonds. The van der Waals surface area contributed by atoms with Gasteiger partial charge in [0.1, 0.15) is 12.0 Å². The van der Waals surface area contributed by atoms with Crippen molar-refractivity contribution < 1.29 is 4.79 Å². The molecule has 10 nitrogen and oxygen atoms in total. The van der Waals surface area contributed by atoms with Crippen LogP contribution in [0.1, 0.15) is 26.2 Å². The number of nitrogens with zero attached hydrogens (tertiary/aromatic N) is 7. The van der Waals surface area contributed by atoms with E-state index in [1.807, 2.05) is 41.2 Å². The van der Waals surface area contributed by atoms with Gasteiger partial charge in [0.25, 0.3) is 0 Å². The Labute approximate surface area is 186 Å². The molecule has 1 saturated carbocycles. The summed E-state index contributed by atoms with van der Waals surface area (Å²) in [4.78, 5) is 28.2. The first-order chi connectivity index (χ1) is 15.6. The molecule has 5 rings (SSSR count). The van der Waals surface area contributed by atoms with E-state index in [9.17, 15) is 10.1 Å². The molecule has 2 aliphatic rings. The van der Waals surface area contributed by atoms with Crippen molar-refractivity contribution in [2.45, 2.75) is 37.8 Å². The number of nitriles is 1. The highest BCUT2D eigenvalue weighted by molar-refractivity contribution is 5.90. The van der Waals surface area contributed by atoms with E-state index in [0.29, 0.717) is 19.0 Å². The number of rotatable bonds is 5. The molecule has 1 aliphatic heterocycles.